The molecule has 3 rings (SSSR count). The van der Waals surface area contributed by atoms with Gasteiger partial charge in [0.1, 0.15) is 0 Å². The quantitative estimate of drug-likeness (QED) is 0.751. The van der Waals surface area contributed by atoms with Gasteiger partial charge in [-0.15, -0.1) is 0 Å². The minimum absolute atomic E-state index is 0.583. The van der Waals surface area contributed by atoms with Crippen molar-refractivity contribution in [3.05, 3.63) is 35.4 Å². The number of hydrogen-bond donors (Lipinski definition) is 0. The number of carbonyl (C=O) groups is 2. The smallest absolute Gasteiger partial charge is 0.338 e. The molecule has 148 valence electrons. The Bertz CT molecular complexity index is 650. The third-order valence-corrected chi connectivity index (χ3v) is 5.77. The van der Waals surface area contributed by atoms with Gasteiger partial charge < -0.3 is 18.9 Å². The number of rotatable bonds is 4. The zero-order chi connectivity index (χ0) is 19.6. The molecule has 0 amide bonds. The Balaban J connectivity index is 1.78. The largest absolute Gasteiger partial charge is 0.467 e. The molecule has 1 aliphatic heterocycles. The van der Waals surface area contributed by atoms with E-state index in [1.807, 2.05) is 12.1 Å². The molecule has 0 bridgehead atoms. The molecule has 1 heterocycles. The van der Waals surface area contributed by atoms with E-state index < -0.39 is 29.9 Å². The molecule has 1 aliphatic carbocycles. The highest BCUT2D eigenvalue weighted by Gasteiger charge is 2.53. The molecule has 1 saturated carbocycles. The van der Waals surface area contributed by atoms with Gasteiger partial charge in [-0.2, -0.15) is 0 Å². The Kier molecular flexibility index (Phi) is 5.86. The van der Waals surface area contributed by atoms with Gasteiger partial charge >= 0.3 is 11.9 Å². The van der Waals surface area contributed by atoms with Gasteiger partial charge in [0, 0.05) is 5.56 Å². The summed E-state index contributed by atoms with van der Waals surface area (Å²) in [7, 11) is 2.49. The van der Waals surface area contributed by atoms with E-state index in [1.54, 1.807) is 6.92 Å². The first-order valence-electron chi connectivity index (χ1n) is 9.49. The van der Waals surface area contributed by atoms with E-state index in [4.69, 9.17) is 18.9 Å². The standard InChI is InChI=1S/C21H28O6/c1-13-5-7-14(8-6-13)15-9-11-16(12-10-15)21(2)26-17(19(22)24-3)18(27-21)20(23)25-4/h9-14,17-18H,5-8H2,1-4H3. The molecule has 0 radical (unpaired) electrons. The van der Waals surface area contributed by atoms with Crippen molar-refractivity contribution in [3.8, 4) is 0 Å². The minimum atomic E-state index is -1.22. The van der Waals surface area contributed by atoms with E-state index in [-0.39, 0.29) is 0 Å². The van der Waals surface area contributed by atoms with Gasteiger partial charge in [-0.05, 0) is 37.2 Å². The predicted molar refractivity (Wildman–Crippen MR) is 97.9 cm³/mol. The van der Waals surface area contributed by atoms with Gasteiger partial charge in [-0.25, -0.2) is 9.59 Å². The summed E-state index contributed by atoms with van der Waals surface area (Å²) in [6, 6.07) is 8.07. The van der Waals surface area contributed by atoms with Gasteiger partial charge in [0.25, 0.3) is 0 Å². The summed E-state index contributed by atoms with van der Waals surface area (Å²) in [5.74, 6) is -1.16. The highest BCUT2D eigenvalue weighted by Crippen LogP contribution is 2.40. The summed E-state index contributed by atoms with van der Waals surface area (Å²) in [6.07, 6.45) is 2.62. The summed E-state index contributed by atoms with van der Waals surface area (Å²) >= 11 is 0. The second-order valence-electron chi connectivity index (χ2n) is 7.65. The molecule has 2 unspecified atom stereocenters. The molecule has 2 fully saturated rings. The Hall–Kier alpha value is -1.92. The number of methoxy groups -OCH3 is 2. The molecule has 0 spiro atoms. The molecule has 1 saturated heterocycles. The van der Waals surface area contributed by atoms with Crippen LogP contribution in [-0.2, 0) is 34.3 Å². The van der Waals surface area contributed by atoms with Crippen LogP contribution in [0.3, 0.4) is 0 Å². The molecule has 27 heavy (non-hydrogen) atoms. The first-order valence-corrected chi connectivity index (χ1v) is 9.49. The lowest BCUT2D eigenvalue weighted by atomic mass is 9.79. The Labute approximate surface area is 160 Å². The molecule has 6 heteroatoms. The second kappa shape index (κ2) is 7.98. The lowest BCUT2D eigenvalue weighted by Gasteiger charge is -2.28. The van der Waals surface area contributed by atoms with Crippen LogP contribution in [-0.4, -0.2) is 38.4 Å². The van der Waals surface area contributed by atoms with Crippen molar-refractivity contribution in [3.63, 3.8) is 0 Å². The Morgan fingerprint density at radius 1 is 0.926 bits per heavy atom. The van der Waals surface area contributed by atoms with Crippen LogP contribution in [0.4, 0.5) is 0 Å². The molecule has 1 aromatic rings. The van der Waals surface area contributed by atoms with Crippen LogP contribution in [0.15, 0.2) is 24.3 Å². The monoisotopic (exact) mass is 376 g/mol. The van der Waals surface area contributed by atoms with Gasteiger partial charge in [0.15, 0.2) is 18.0 Å². The SMILES string of the molecule is COC(=O)C1OC(C)(c2ccc(C3CCC(C)CC3)cc2)OC1C(=O)OC. The van der Waals surface area contributed by atoms with E-state index in [1.165, 1.54) is 45.5 Å². The van der Waals surface area contributed by atoms with E-state index in [0.717, 1.165) is 11.5 Å². The van der Waals surface area contributed by atoms with E-state index >= 15 is 0 Å². The lowest BCUT2D eigenvalue weighted by Crippen LogP contribution is -2.38. The summed E-state index contributed by atoms with van der Waals surface area (Å²) in [5.41, 5.74) is 2.05. The number of ether oxygens (including phenoxy) is 4. The number of carbonyl (C=O) groups excluding carboxylic acids is 2. The van der Waals surface area contributed by atoms with Crippen LogP contribution >= 0.6 is 0 Å². The highest BCUT2D eigenvalue weighted by atomic mass is 16.8. The number of hydrogen-bond acceptors (Lipinski definition) is 6. The minimum Gasteiger partial charge on any atom is -0.467 e. The summed E-state index contributed by atoms with van der Waals surface area (Å²) in [5, 5.41) is 0. The Morgan fingerprint density at radius 3 is 1.85 bits per heavy atom. The summed E-state index contributed by atoms with van der Waals surface area (Å²) in [4.78, 5) is 24.0. The zero-order valence-electron chi connectivity index (χ0n) is 16.4. The number of benzene rings is 1. The molecule has 6 nitrogen and oxygen atoms in total. The van der Waals surface area contributed by atoms with Crippen molar-refractivity contribution in [2.24, 2.45) is 5.92 Å². The van der Waals surface area contributed by atoms with Crippen LogP contribution in [0, 0.1) is 5.92 Å². The average Bonchev–Trinajstić information content (AvgIpc) is 3.06. The highest BCUT2D eigenvalue weighted by molar-refractivity contribution is 5.86. The fraction of sp³-hybridized carbons (Fsp3) is 0.619. The summed E-state index contributed by atoms with van der Waals surface area (Å²) < 4.78 is 21.1. The second-order valence-corrected chi connectivity index (χ2v) is 7.65. The van der Waals surface area contributed by atoms with Crippen molar-refractivity contribution < 1.29 is 28.5 Å². The van der Waals surface area contributed by atoms with Crippen LogP contribution in [0.1, 0.15) is 56.6 Å². The molecule has 0 aromatic heterocycles. The summed E-state index contributed by atoms with van der Waals surface area (Å²) in [6.45, 7) is 4.01. The van der Waals surface area contributed by atoms with Crippen LogP contribution in [0.25, 0.3) is 0 Å². The van der Waals surface area contributed by atoms with Gasteiger partial charge in [-0.1, -0.05) is 44.0 Å². The van der Waals surface area contributed by atoms with Gasteiger partial charge in [0.05, 0.1) is 14.2 Å². The van der Waals surface area contributed by atoms with E-state index in [9.17, 15) is 9.59 Å². The molecule has 2 atom stereocenters. The van der Waals surface area contributed by atoms with Crippen LogP contribution in [0.2, 0.25) is 0 Å². The average molecular weight is 376 g/mol. The normalized spacial score (nSPS) is 33.5. The van der Waals surface area contributed by atoms with Crippen molar-refractivity contribution in [1.29, 1.82) is 0 Å². The topological polar surface area (TPSA) is 71.1 Å². The van der Waals surface area contributed by atoms with Crippen LogP contribution < -0.4 is 0 Å². The van der Waals surface area contributed by atoms with Crippen molar-refractivity contribution in [2.75, 3.05) is 14.2 Å². The fourth-order valence-corrected chi connectivity index (χ4v) is 4.00. The maximum atomic E-state index is 12.0. The lowest BCUT2D eigenvalue weighted by molar-refractivity contribution is -0.185. The maximum Gasteiger partial charge on any atom is 0.338 e. The molecular formula is C21H28O6. The predicted octanol–water partition coefficient (Wildman–Crippen LogP) is 3.28. The van der Waals surface area contributed by atoms with Gasteiger partial charge in [-0.3, -0.25) is 0 Å². The van der Waals surface area contributed by atoms with Crippen molar-refractivity contribution in [2.45, 2.75) is 63.4 Å². The first-order chi connectivity index (χ1) is 12.9. The Morgan fingerprint density at radius 2 is 1.41 bits per heavy atom. The fourth-order valence-electron chi connectivity index (χ4n) is 4.00. The molecule has 0 N–H and O–H groups in total. The van der Waals surface area contributed by atoms with E-state index in [0.29, 0.717) is 5.92 Å². The molecule has 2 aliphatic rings. The molecule has 1 aromatic carbocycles. The zero-order valence-corrected chi connectivity index (χ0v) is 16.4. The van der Waals surface area contributed by atoms with Crippen molar-refractivity contribution in [1.82, 2.24) is 0 Å². The van der Waals surface area contributed by atoms with Crippen molar-refractivity contribution >= 4 is 11.9 Å². The van der Waals surface area contributed by atoms with E-state index in [2.05, 4.69) is 19.1 Å². The number of esters is 2. The third-order valence-electron chi connectivity index (χ3n) is 5.77. The third kappa shape index (κ3) is 4.01. The molecular weight excluding hydrogens is 348 g/mol. The maximum absolute atomic E-state index is 12.0. The first kappa shape index (κ1) is 19.8. The van der Waals surface area contributed by atoms with Crippen LogP contribution in [0.5, 0.6) is 0 Å². The van der Waals surface area contributed by atoms with Gasteiger partial charge in [0.2, 0.25) is 0 Å².